The number of aromatic amines is 1. The number of carboxylic acids is 1. The first kappa shape index (κ1) is 23.6. The number of ether oxygens (including phenoxy) is 1. The predicted molar refractivity (Wildman–Crippen MR) is 97.9 cm³/mol. The summed E-state index contributed by atoms with van der Waals surface area (Å²) in [5.41, 5.74) is 1.24. The Morgan fingerprint density at radius 2 is 1.83 bits per heavy atom. The fourth-order valence-electron chi connectivity index (χ4n) is 3.22. The lowest BCUT2D eigenvalue weighted by Crippen LogP contribution is -2.41. The molecule has 0 aromatic carbocycles. The average Bonchev–Trinajstić information content (AvgIpc) is 3.24. The van der Waals surface area contributed by atoms with Gasteiger partial charge in [-0.2, -0.15) is 13.2 Å². The van der Waals surface area contributed by atoms with Crippen molar-refractivity contribution in [2.24, 2.45) is 0 Å². The molecule has 2 aliphatic rings. The molecule has 1 atom stereocenters. The maximum Gasteiger partial charge on any atom is 0.490 e. The van der Waals surface area contributed by atoms with Crippen molar-refractivity contribution < 1.29 is 37.4 Å². The molecule has 0 aliphatic carbocycles. The normalized spacial score (nSPS) is 19.7. The number of amides is 2. The van der Waals surface area contributed by atoms with Gasteiger partial charge >= 0.3 is 12.1 Å². The van der Waals surface area contributed by atoms with Gasteiger partial charge in [0.25, 0.3) is 5.91 Å². The zero-order valence-corrected chi connectivity index (χ0v) is 17.0. The first-order valence-corrected chi connectivity index (χ1v) is 9.45. The highest BCUT2D eigenvalue weighted by molar-refractivity contribution is 5.93. The number of H-pyrrole nitrogens is 1. The van der Waals surface area contributed by atoms with E-state index in [1.54, 1.807) is 4.90 Å². The van der Waals surface area contributed by atoms with Crippen LogP contribution in [0.2, 0.25) is 0 Å². The van der Waals surface area contributed by atoms with Crippen molar-refractivity contribution in [2.75, 3.05) is 32.8 Å². The number of aryl methyl sites for hydroxylation is 1. The highest BCUT2D eigenvalue weighted by atomic mass is 19.4. The van der Waals surface area contributed by atoms with Crippen LogP contribution in [0.4, 0.5) is 13.2 Å². The van der Waals surface area contributed by atoms with Crippen molar-refractivity contribution in [3.8, 4) is 0 Å². The third-order valence-corrected chi connectivity index (χ3v) is 4.81. The Morgan fingerprint density at radius 3 is 2.30 bits per heavy atom. The van der Waals surface area contributed by atoms with E-state index in [1.807, 2.05) is 25.7 Å². The van der Waals surface area contributed by atoms with Gasteiger partial charge in [-0.25, -0.2) is 9.78 Å². The highest BCUT2D eigenvalue weighted by Gasteiger charge is 2.38. The van der Waals surface area contributed by atoms with Crippen molar-refractivity contribution >= 4 is 17.8 Å². The van der Waals surface area contributed by atoms with E-state index in [-0.39, 0.29) is 23.8 Å². The molecular formula is C18H25F3N4O5. The molecule has 3 heterocycles. The van der Waals surface area contributed by atoms with Gasteiger partial charge in [-0.3, -0.25) is 9.59 Å². The van der Waals surface area contributed by atoms with Gasteiger partial charge in [0.15, 0.2) is 0 Å². The summed E-state index contributed by atoms with van der Waals surface area (Å²) < 4.78 is 37.0. The average molecular weight is 434 g/mol. The molecule has 12 heteroatoms. The maximum atomic E-state index is 12.6. The van der Waals surface area contributed by atoms with Gasteiger partial charge < -0.3 is 24.6 Å². The summed E-state index contributed by atoms with van der Waals surface area (Å²) in [6.45, 7) is 8.90. The van der Waals surface area contributed by atoms with Crippen LogP contribution in [0.15, 0.2) is 0 Å². The van der Waals surface area contributed by atoms with E-state index in [9.17, 15) is 22.8 Å². The highest BCUT2D eigenvalue weighted by Crippen LogP contribution is 2.28. The van der Waals surface area contributed by atoms with Crippen LogP contribution in [-0.4, -0.2) is 87.7 Å². The molecule has 1 unspecified atom stereocenters. The van der Waals surface area contributed by atoms with Crippen LogP contribution in [0.5, 0.6) is 0 Å². The molecule has 9 nitrogen and oxygen atoms in total. The summed E-state index contributed by atoms with van der Waals surface area (Å²) in [6.07, 6.45) is -4.63. The number of carbonyl (C=O) groups is 3. The number of nitrogens with one attached hydrogen (secondary N) is 1. The molecule has 2 saturated heterocycles. The van der Waals surface area contributed by atoms with Crippen LogP contribution < -0.4 is 0 Å². The number of carbonyl (C=O) groups excluding carboxylic acids is 2. The Balaban J connectivity index is 0.000000396. The Hall–Kier alpha value is -2.63. The molecule has 2 N–H and O–H groups in total. The fraction of sp³-hybridized carbons (Fsp3) is 0.667. The Labute approximate surface area is 171 Å². The zero-order valence-electron chi connectivity index (χ0n) is 17.0. The van der Waals surface area contributed by atoms with E-state index in [2.05, 4.69) is 9.97 Å². The first-order valence-electron chi connectivity index (χ1n) is 9.45. The minimum atomic E-state index is -5.08. The summed E-state index contributed by atoms with van der Waals surface area (Å²) >= 11 is 0. The number of aromatic nitrogens is 2. The number of alkyl halides is 3. The number of morpholine rings is 1. The van der Waals surface area contributed by atoms with Gasteiger partial charge in [-0.05, 0) is 20.8 Å². The lowest BCUT2D eigenvalue weighted by Gasteiger charge is -2.26. The van der Waals surface area contributed by atoms with E-state index in [0.29, 0.717) is 45.0 Å². The predicted octanol–water partition coefficient (Wildman–Crippen LogP) is 1.55. The fourth-order valence-corrected chi connectivity index (χ4v) is 3.22. The van der Waals surface area contributed by atoms with Gasteiger partial charge in [-0.15, -0.1) is 0 Å². The van der Waals surface area contributed by atoms with E-state index in [0.717, 1.165) is 11.5 Å². The molecule has 168 valence electrons. The maximum absolute atomic E-state index is 12.6. The molecule has 2 fully saturated rings. The number of carboxylic acid groups (broad SMARTS) is 1. The van der Waals surface area contributed by atoms with Crippen LogP contribution in [0.25, 0.3) is 0 Å². The summed E-state index contributed by atoms with van der Waals surface area (Å²) in [6, 6.07) is 0.193. The van der Waals surface area contributed by atoms with Gasteiger partial charge in [0.05, 0.1) is 13.2 Å². The van der Waals surface area contributed by atoms with Crippen LogP contribution in [0, 0.1) is 6.92 Å². The monoisotopic (exact) mass is 434 g/mol. The second kappa shape index (κ2) is 9.45. The van der Waals surface area contributed by atoms with Crippen molar-refractivity contribution in [3.05, 3.63) is 17.2 Å². The van der Waals surface area contributed by atoms with Gasteiger partial charge in [0, 0.05) is 43.7 Å². The van der Waals surface area contributed by atoms with Crippen molar-refractivity contribution in [3.63, 3.8) is 0 Å². The van der Waals surface area contributed by atoms with Gasteiger partial charge in [-0.1, -0.05) is 0 Å². The number of likely N-dealkylation sites (tertiary alicyclic amines) is 1. The quantitative estimate of drug-likeness (QED) is 0.746. The molecule has 30 heavy (non-hydrogen) atoms. The number of aliphatic carboxylic acids is 1. The summed E-state index contributed by atoms with van der Waals surface area (Å²) in [5, 5.41) is 7.12. The van der Waals surface area contributed by atoms with E-state index in [4.69, 9.17) is 14.6 Å². The van der Waals surface area contributed by atoms with Crippen LogP contribution in [-0.2, 0) is 14.3 Å². The van der Waals surface area contributed by atoms with E-state index < -0.39 is 12.1 Å². The molecule has 2 aliphatic heterocycles. The number of rotatable bonds is 3. The van der Waals surface area contributed by atoms with Crippen LogP contribution in [0.1, 0.15) is 48.2 Å². The topological polar surface area (TPSA) is 116 Å². The van der Waals surface area contributed by atoms with E-state index in [1.165, 1.54) is 0 Å². The molecule has 0 bridgehead atoms. The summed E-state index contributed by atoms with van der Waals surface area (Å²) in [7, 11) is 0. The largest absolute Gasteiger partial charge is 0.490 e. The van der Waals surface area contributed by atoms with Crippen LogP contribution in [0.3, 0.4) is 0 Å². The third kappa shape index (κ3) is 5.71. The lowest BCUT2D eigenvalue weighted by molar-refractivity contribution is -0.192. The number of imidazole rings is 1. The standard InChI is InChI=1S/C16H24N4O3.C2HF3O2/c1-10(2)20-9-12(8-13(20)21)15-17-11(3)14(18-15)16(22)19-4-6-23-7-5-19;3-2(4,5)1(6)7/h10,12H,4-9H2,1-3H3,(H,17,18);(H,6,7). The second-order valence-electron chi connectivity index (χ2n) is 7.34. The summed E-state index contributed by atoms with van der Waals surface area (Å²) in [4.78, 5) is 44.9. The van der Waals surface area contributed by atoms with Crippen molar-refractivity contribution in [1.82, 2.24) is 19.8 Å². The molecule has 2 amide bonds. The van der Waals surface area contributed by atoms with Gasteiger partial charge in [0.1, 0.15) is 11.5 Å². The molecule has 1 aromatic rings. The summed E-state index contributed by atoms with van der Waals surface area (Å²) in [5.74, 6) is -1.88. The van der Waals surface area contributed by atoms with Crippen molar-refractivity contribution in [2.45, 2.75) is 45.3 Å². The minimum absolute atomic E-state index is 0.0369. The van der Waals surface area contributed by atoms with Crippen molar-refractivity contribution in [1.29, 1.82) is 0 Å². The molecule has 0 spiro atoms. The first-order chi connectivity index (χ1) is 13.9. The molecule has 1 aromatic heterocycles. The Kier molecular flexibility index (Phi) is 7.45. The second-order valence-corrected chi connectivity index (χ2v) is 7.34. The number of hydrogen-bond donors (Lipinski definition) is 2. The number of hydrogen-bond acceptors (Lipinski definition) is 5. The Morgan fingerprint density at radius 1 is 1.27 bits per heavy atom. The molecular weight excluding hydrogens is 409 g/mol. The molecule has 3 rings (SSSR count). The van der Waals surface area contributed by atoms with E-state index >= 15 is 0 Å². The SMILES string of the molecule is Cc1[nH]c(C2CC(=O)N(C(C)C)C2)nc1C(=O)N1CCOCC1.O=C(O)C(F)(F)F. The third-order valence-electron chi connectivity index (χ3n) is 4.81. The smallest absolute Gasteiger partial charge is 0.475 e. The number of nitrogens with zero attached hydrogens (tertiary/aromatic N) is 3. The van der Waals surface area contributed by atoms with Crippen LogP contribution >= 0.6 is 0 Å². The number of halogens is 3. The Bertz CT molecular complexity index is 787. The van der Waals surface area contributed by atoms with Gasteiger partial charge in [0.2, 0.25) is 5.91 Å². The zero-order chi connectivity index (χ0) is 22.6. The lowest BCUT2D eigenvalue weighted by atomic mass is 10.1. The minimum Gasteiger partial charge on any atom is -0.475 e. The molecule has 0 radical (unpaired) electrons. The molecule has 0 saturated carbocycles.